The van der Waals surface area contributed by atoms with Crippen LogP contribution in [-0.4, -0.2) is 25.4 Å². The van der Waals surface area contributed by atoms with Crippen molar-refractivity contribution in [3.63, 3.8) is 0 Å². The molecule has 1 aliphatic carbocycles. The van der Waals surface area contributed by atoms with Gasteiger partial charge in [-0.05, 0) is 65.2 Å². The van der Waals surface area contributed by atoms with Gasteiger partial charge >= 0.3 is 0 Å². The summed E-state index contributed by atoms with van der Waals surface area (Å²) in [5.41, 5.74) is 0. The molecule has 0 amide bonds. The normalized spacial score (nSPS) is 22.8. The predicted molar refractivity (Wildman–Crippen MR) is 95.3 cm³/mol. The van der Waals surface area contributed by atoms with Crippen LogP contribution in [-0.2, 0) is 9.47 Å². The lowest BCUT2D eigenvalue weighted by molar-refractivity contribution is -0.0932. The molecular weight excluding hydrogens is 272 g/mol. The minimum atomic E-state index is 0.339. The van der Waals surface area contributed by atoms with E-state index in [0.717, 1.165) is 26.1 Å². The summed E-state index contributed by atoms with van der Waals surface area (Å²) >= 11 is 0. The highest BCUT2D eigenvalue weighted by molar-refractivity contribution is 4.78. The minimum absolute atomic E-state index is 0.339. The number of hydrogen-bond acceptors (Lipinski definition) is 2. The fraction of sp³-hybridized carbons (Fsp3) is 0.800. The molecule has 0 bridgehead atoms. The van der Waals surface area contributed by atoms with Crippen molar-refractivity contribution < 1.29 is 9.47 Å². The van der Waals surface area contributed by atoms with Gasteiger partial charge in [0.1, 0.15) is 0 Å². The fourth-order valence-electron chi connectivity index (χ4n) is 2.98. The molecular formula is C20H36O2. The highest BCUT2D eigenvalue weighted by Crippen LogP contribution is 2.24. The van der Waals surface area contributed by atoms with Crippen LogP contribution in [0.25, 0.3) is 0 Å². The highest BCUT2D eigenvalue weighted by atomic mass is 16.5. The average Bonchev–Trinajstić information content (AvgIpc) is 2.55. The van der Waals surface area contributed by atoms with Crippen LogP contribution >= 0.6 is 0 Å². The van der Waals surface area contributed by atoms with Gasteiger partial charge in [0.25, 0.3) is 0 Å². The Morgan fingerprint density at radius 1 is 0.727 bits per heavy atom. The third-order valence-electron chi connectivity index (χ3n) is 4.31. The molecule has 0 heterocycles. The van der Waals surface area contributed by atoms with Gasteiger partial charge < -0.3 is 9.47 Å². The maximum atomic E-state index is 6.11. The Morgan fingerprint density at radius 3 is 1.59 bits per heavy atom. The van der Waals surface area contributed by atoms with Crippen LogP contribution in [0.5, 0.6) is 0 Å². The van der Waals surface area contributed by atoms with E-state index in [-0.39, 0.29) is 0 Å². The Hall–Kier alpha value is -0.600. The summed E-state index contributed by atoms with van der Waals surface area (Å²) in [6.45, 7) is 5.95. The Bertz CT molecular complexity index is 266. The predicted octanol–water partition coefficient (Wildman–Crippen LogP) is 5.82. The number of ether oxygens (including phenoxy) is 2. The third kappa shape index (κ3) is 9.42. The molecule has 22 heavy (non-hydrogen) atoms. The Balaban J connectivity index is 2.11. The molecule has 2 heteroatoms. The van der Waals surface area contributed by atoms with Gasteiger partial charge in [-0.2, -0.15) is 0 Å². The first kappa shape index (κ1) is 19.4. The van der Waals surface area contributed by atoms with E-state index < -0.39 is 0 Å². The quantitative estimate of drug-likeness (QED) is 0.334. The monoisotopic (exact) mass is 308 g/mol. The van der Waals surface area contributed by atoms with Crippen molar-refractivity contribution in [2.24, 2.45) is 0 Å². The molecule has 1 saturated carbocycles. The lowest BCUT2D eigenvalue weighted by Crippen LogP contribution is -2.35. The molecule has 0 radical (unpaired) electrons. The first-order chi connectivity index (χ1) is 10.9. The van der Waals surface area contributed by atoms with Crippen LogP contribution in [0.3, 0.4) is 0 Å². The molecule has 0 aliphatic heterocycles. The molecule has 1 fully saturated rings. The summed E-state index contributed by atoms with van der Waals surface area (Å²) in [4.78, 5) is 0. The van der Waals surface area contributed by atoms with Gasteiger partial charge in [0, 0.05) is 13.2 Å². The van der Waals surface area contributed by atoms with Gasteiger partial charge in [-0.25, -0.2) is 0 Å². The van der Waals surface area contributed by atoms with E-state index in [1.807, 2.05) is 0 Å². The molecule has 0 aromatic carbocycles. The SMILES string of the molecule is C/C=C/CCCCOC1CCCCC1OCCCC/C=C/C. The summed E-state index contributed by atoms with van der Waals surface area (Å²) in [5, 5.41) is 0. The minimum Gasteiger partial charge on any atom is -0.376 e. The van der Waals surface area contributed by atoms with Crippen LogP contribution in [0.4, 0.5) is 0 Å². The standard InChI is InChI=1S/C20H36O2/c1-3-5-7-9-13-17-21-19-15-11-12-16-20(19)22-18-14-10-8-6-4-2/h3-6,19-20H,7-18H2,1-2H3/b5-3+,6-4+. The van der Waals surface area contributed by atoms with Crippen molar-refractivity contribution in [1.29, 1.82) is 0 Å². The van der Waals surface area contributed by atoms with Crippen LogP contribution in [0.2, 0.25) is 0 Å². The zero-order valence-corrected chi connectivity index (χ0v) is 14.8. The molecule has 1 rings (SSSR count). The summed E-state index contributed by atoms with van der Waals surface area (Å²) in [5.74, 6) is 0. The summed E-state index contributed by atoms with van der Waals surface area (Å²) in [6.07, 6.45) is 21.5. The Morgan fingerprint density at radius 2 is 1.18 bits per heavy atom. The van der Waals surface area contributed by atoms with E-state index in [9.17, 15) is 0 Å². The highest BCUT2D eigenvalue weighted by Gasteiger charge is 2.26. The lowest BCUT2D eigenvalue weighted by atomic mass is 9.94. The van der Waals surface area contributed by atoms with E-state index in [2.05, 4.69) is 38.2 Å². The van der Waals surface area contributed by atoms with Gasteiger partial charge in [-0.3, -0.25) is 0 Å². The first-order valence-corrected chi connectivity index (χ1v) is 9.34. The van der Waals surface area contributed by atoms with Crippen LogP contribution < -0.4 is 0 Å². The molecule has 0 saturated heterocycles. The maximum Gasteiger partial charge on any atom is 0.0836 e. The Kier molecular flexibility index (Phi) is 12.4. The van der Waals surface area contributed by atoms with Gasteiger partial charge in [-0.1, -0.05) is 37.1 Å². The van der Waals surface area contributed by atoms with Crippen molar-refractivity contribution in [3.05, 3.63) is 24.3 Å². The molecule has 128 valence electrons. The number of hydrogen-bond donors (Lipinski definition) is 0. The van der Waals surface area contributed by atoms with Crippen LogP contribution in [0, 0.1) is 0 Å². The number of unbranched alkanes of at least 4 members (excludes halogenated alkanes) is 4. The van der Waals surface area contributed by atoms with Crippen molar-refractivity contribution in [1.82, 2.24) is 0 Å². The molecule has 2 nitrogen and oxygen atoms in total. The van der Waals surface area contributed by atoms with Crippen LogP contribution in [0.15, 0.2) is 24.3 Å². The molecule has 2 atom stereocenters. The first-order valence-electron chi connectivity index (χ1n) is 9.34. The summed E-state index contributed by atoms with van der Waals surface area (Å²) in [7, 11) is 0. The third-order valence-corrected chi connectivity index (χ3v) is 4.31. The molecule has 0 spiro atoms. The van der Waals surface area contributed by atoms with Crippen molar-refractivity contribution in [2.75, 3.05) is 13.2 Å². The molecule has 2 unspecified atom stereocenters. The molecule has 1 aliphatic rings. The fourth-order valence-corrected chi connectivity index (χ4v) is 2.98. The van der Waals surface area contributed by atoms with Gasteiger partial charge in [0.15, 0.2) is 0 Å². The van der Waals surface area contributed by atoms with Gasteiger partial charge in [0.2, 0.25) is 0 Å². The van der Waals surface area contributed by atoms with E-state index in [0.29, 0.717) is 12.2 Å². The second-order valence-corrected chi connectivity index (χ2v) is 6.23. The van der Waals surface area contributed by atoms with E-state index >= 15 is 0 Å². The van der Waals surface area contributed by atoms with Crippen molar-refractivity contribution in [3.8, 4) is 0 Å². The number of rotatable bonds is 12. The molecule has 0 aromatic rings. The largest absolute Gasteiger partial charge is 0.376 e. The number of allylic oxidation sites excluding steroid dienone is 4. The average molecular weight is 309 g/mol. The van der Waals surface area contributed by atoms with E-state index in [4.69, 9.17) is 9.47 Å². The topological polar surface area (TPSA) is 18.5 Å². The van der Waals surface area contributed by atoms with E-state index in [1.165, 1.54) is 51.4 Å². The second-order valence-electron chi connectivity index (χ2n) is 6.23. The second kappa shape index (κ2) is 14.0. The smallest absolute Gasteiger partial charge is 0.0836 e. The summed E-state index contributed by atoms with van der Waals surface area (Å²) < 4.78 is 12.2. The Labute approximate surface area is 138 Å². The van der Waals surface area contributed by atoms with Gasteiger partial charge in [0.05, 0.1) is 12.2 Å². The summed E-state index contributed by atoms with van der Waals surface area (Å²) in [6, 6.07) is 0. The zero-order valence-electron chi connectivity index (χ0n) is 14.8. The zero-order chi connectivity index (χ0) is 15.9. The van der Waals surface area contributed by atoms with Gasteiger partial charge in [-0.15, -0.1) is 0 Å². The van der Waals surface area contributed by atoms with Crippen molar-refractivity contribution >= 4 is 0 Å². The lowest BCUT2D eigenvalue weighted by Gasteiger charge is -2.31. The molecule has 0 N–H and O–H groups in total. The maximum absolute atomic E-state index is 6.11. The van der Waals surface area contributed by atoms with Crippen LogP contribution in [0.1, 0.15) is 78.1 Å². The van der Waals surface area contributed by atoms with Crippen molar-refractivity contribution in [2.45, 2.75) is 90.3 Å². The molecule has 0 aromatic heterocycles. The van der Waals surface area contributed by atoms with E-state index in [1.54, 1.807) is 0 Å².